The Morgan fingerprint density at radius 3 is 2.18 bits per heavy atom. The van der Waals surface area contributed by atoms with E-state index in [0.29, 0.717) is 0 Å². The molecule has 3 nitrogen and oxygen atoms in total. The molecule has 0 radical (unpaired) electrons. The summed E-state index contributed by atoms with van der Waals surface area (Å²) in [5.74, 6) is 0.827. The van der Waals surface area contributed by atoms with E-state index in [1.54, 1.807) is 0 Å². The number of nitrogen functional groups attached to an aromatic ring is 1. The van der Waals surface area contributed by atoms with Crippen molar-refractivity contribution < 1.29 is 0 Å². The SMILES string of the molecule is CCCCCCCCCCn1ncc(C)c1N. The van der Waals surface area contributed by atoms with Crippen molar-refractivity contribution in [3.63, 3.8) is 0 Å². The lowest BCUT2D eigenvalue weighted by Gasteiger charge is -2.04. The van der Waals surface area contributed by atoms with E-state index in [0.717, 1.165) is 17.9 Å². The van der Waals surface area contributed by atoms with Gasteiger partial charge in [0.05, 0.1) is 6.20 Å². The highest BCUT2D eigenvalue weighted by Gasteiger charge is 2.01. The van der Waals surface area contributed by atoms with Gasteiger partial charge in [-0.3, -0.25) is 0 Å². The molecule has 0 aliphatic heterocycles. The van der Waals surface area contributed by atoms with E-state index in [1.807, 2.05) is 17.8 Å². The van der Waals surface area contributed by atoms with Crippen molar-refractivity contribution in [3.8, 4) is 0 Å². The lowest BCUT2D eigenvalue weighted by molar-refractivity contribution is 0.523. The molecule has 0 atom stereocenters. The molecule has 2 N–H and O–H groups in total. The van der Waals surface area contributed by atoms with Crippen LogP contribution in [0.2, 0.25) is 0 Å². The van der Waals surface area contributed by atoms with E-state index in [2.05, 4.69) is 12.0 Å². The zero-order chi connectivity index (χ0) is 12.5. The highest BCUT2D eigenvalue weighted by atomic mass is 15.3. The third-order valence-corrected chi connectivity index (χ3v) is 3.30. The molecule has 0 aliphatic carbocycles. The molecule has 0 fully saturated rings. The van der Waals surface area contributed by atoms with Gasteiger partial charge in [0.2, 0.25) is 0 Å². The number of hydrogen-bond donors (Lipinski definition) is 1. The Morgan fingerprint density at radius 1 is 1.06 bits per heavy atom. The maximum absolute atomic E-state index is 5.90. The first-order valence-electron chi connectivity index (χ1n) is 7.03. The van der Waals surface area contributed by atoms with Crippen molar-refractivity contribution in [1.29, 1.82) is 0 Å². The lowest BCUT2D eigenvalue weighted by Crippen LogP contribution is -2.05. The Kier molecular flexibility index (Phi) is 6.75. The highest BCUT2D eigenvalue weighted by Crippen LogP contribution is 2.12. The van der Waals surface area contributed by atoms with Crippen molar-refractivity contribution in [2.45, 2.75) is 71.8 Å². The first-order chi connectivity index (χ1) is 8.25. The van der Waals surface area contributed by atoms with Crippen LogP contribution in [0.1, 0.15) is 63.9 Å². The number of hydrogen-bond acceptors (Lipinski definition) is 2. The molecule has 1 rings (SSSR count). The van der Waals surface area contributed by atoms with Crippen LogP contribution in [0.25, 0.3) is 0 Å². The fraction of sp³-hybridized carbons (Fsp3) is 0.786. The molecule has 98 valence electrons. The molecule has 0 saturated carbocycles. The number of nitrogens with two attached hydrogens (primary N) is 1. The Morgan fingerprint density at radius 2 is 1.65 bits per heavy atom. The first-order valence-corrected chi connectivity index (χ1v) is 7.03. The van der Waals surface area contributed by atoms with Crippen molar-refractivity contribution in [2.75, 3.05) is 5.73 Å². The summed E-state index contributed by atoms with van der Waals surface area (Å²) in [6, 6.07) is 0. The summed E-state index contributed by atoms with van der Waals surface area (Å²) in [7, 11) is 0. The molecular weight excluding hydrogens is 210 g/mol. The smallest absolute Gasteiger partial charge is 0.124 e. The Hall–Kier alpha value is -0.990. The van der Waals surface area contributed by atoms with Gasteiger partial charge in [0.15, 0.2) is 0 Å². The van der Waals surface area contributed by atoms with Crippen LogP contribution in [0.4, 0.5) is 5.82 Å². The number of nitrogens with zero attached hydrogens (tertiary/aromatic N) is 2. The third-order valence-electron chi connectivity index (χ3n) is 3.30. The van der Waals surface area contributed by atoms with Crippen molar-refractivity contribution in [2.24, 2.45) is 0 Å². The number of anilines is 1. The molecule has 3 heteroatoms. The number of rotatable bonds is 9. The van der Waals surface area contributed by atoms with Gasteiger partial charge >= 0.3 is 0 Å². The van der Waals surface area contributed by atoms with Crippen molar-refractivity contribution in [3.05, 3.63) is 11.8 Å². The minimum Gasteiger partial charge on any atom is -0.384 e. The van der Waals surface area contributed by atoms with Crippen LogP contribution in [0.15, 0.2) is 6.20 Å². The topological polar surface area (TPSA) is 43.8 Å². The van der Waals surface area contributed by atoms with Gasteiger partial charge in [-0.15, -0.1) is 0 Å². The van der Waals surface area contributed by atoms with Gasteiger partial charge < -0.3 is 5.73 Å². The molecule has 0 aromatic carbocycles. The zero-order valence-electron chi connectivity index (χ0n) is 11.4. The quantitative estimate of drug-likeness (QED) is 0.662. The van der Waals surface area contributed by atoms with Crippen molar-refractivity contribution in [1.82, 2.24) is 9.78 Å². The van der Waals surface area contributed by atoms with Crippen LogP contribution in [-0.2, 0) is 6.54 Å². The minimum absolute atomic E-state index is 0.827. The second kappa shape index (κ2) is 8.15. The normalized spacial score (nSPS) is 10.9. The van der Waals surface area contributed by atoms with Gasteiger partial charge in [-0.25, -0.2) is 4.68 Å². The van der Waals surface area contributed by atoms with Crippen LogP contribution < -0.4 is 5.73 Å². The van der Waals surface area contributed by atoms with E-state index in [1.165, 1.54) is 51.4 Å². The fourth-order valence-electron chi connectivity index (χ4n) is 2.06. The molecule has 1 aromatic heterocycles. The standard InChI is InChI=1S/C14H27N3/c1-3-4-5-6-7-8-9-10-11-17-14(15)13(2)12-16-17/h12H,3-11,15H2,1-2H3. The predicted octanol–water partition coefficient (Wildman–Crippen LogP) is 3.91. The van der Waals surface area contributed by atoms with Crippen LogP contribution >= 0.6 is 0 Å². The van der Waals surface area contributed by atoms with Crippen molar-refractivity contribution >= 4 is 5.82 Å². The zero-order valence-corrected chi connectivity index (χ0v) is 11.4. The van der Waals surface area contributed by atoms with Crippen LogP contribution in [0.5, 0.6) is 0 Å². The molecule has 0 aliphatic rings. The minimum atomic E-state index is 0.827. The van der Waals surface area contributed by atoms with E-state index in [-0.39, 0.29) is 0 Å². The maximum Gasteiger partial charge on any atom is 0.124 e. The molecule has 17 heavy (non-hydrogen) atoms. The van der Waals surface area contributed by atoms with Gasteiger partial charge in [-0.05, 0) is 13.3 Å². The molecule has 0 amide bonds. The average molecular weight is 237 g/mol. The average Bonchev–Trinajstić information content (AvgIpc) is 2.64. The van der Waals surface area contributed by atoms with Gasteiger partial charge in [0.25, 0.3) is 0 Å². The summed E-state index contributed by atoms with van der Waals surface area (Å²) in [5.41, 5.74) is 6.99. The maximum atomic E-state index is 5.90. The van der Waals surface area contributed by atoms with E-state index in [9.17, 15) is 0 Å². The number of unbranched alkanes of at least 4 members (excludes halogenated alkanes) is 7. The second-order valence-electron chi connectivity index (χ2n) is 4.91. The largest absolute Gasteiger partial charge is 0.384 e. The van der Waals surface area contributed by atoms with E-state index in [4.69, 9.17) is 5.73 Å². The van der Waals surface area contributed by atoms with Crippen LogP contribution in [0.3, 0.4) is 0 Å². The van der Waals surface area contributed by atoms with Gasteiger partial charge in [-0.2, -0.15) is 5.10 Å². The van der Waals surface area contributed by atoms with Crippen LogP contribution in [0, 0.1) is 6.92 Å². The predicted molar refractivity (Wildman–Crippen MR) is 74.0 cm³/mol. The molecule has 0 unspecified atom stereocenters. The number of aryl methyl sites for hydroxylation is 2. The third kappa shape index (κ3) is 5.24. The summed E-state index contributed by atoms with van der Waals surface area (Å²) >= 11 is 0. The first kappa shape index (κ1) is 14.1. The highest BCUT2D eigenvalue weighted by molar-refractivity contribution is 5.36. The summed E-state index contributed by atoms with van der Waals surface area (Å²) in [4.78, 5) is 0. The molecule has 1 heterocycles. The molecular formula is C14H27N3. The summed E-state index contributed by atoms with van der Waals surface area (Å²) in [5, 5.41) is 4.27. The van der Waals surface area contributed by atoms with Gasteiger partial charge in [0.1, 0.15) is 5.82 Å². The Labute approximate surface area is 105 Å². The molecule has 0 bridgehead atoms. The fourth-order valence-corrected chi connectivity index (χ4v) is 2.06. The summed E-state index contributed by atoms with van der Waals surface area (Å²) in [6.07, 6.45) is 12.6. The Balaban J connectivity index is 1.99. The lowest BCUT2D eigenvalue weighted by atomic mass is 10.1. The van der Waals surface area contributed by atoms with Gasteiger partial charge in [-0.1, -0.05) is 51.9 Å². The number of aromatic nitrogens is 2. The molecule has 0 saturated heterocycles. The second-order valence-corrected chi connectivity index (χ2v) is 4.91. The molecule has 1 aromatic rings. The van der Waals surface area contributed by atoms with E-state index < -0.39 is 0 Å². The molecule has 0 spiro atoms. The van der Waals surface area contributed by atoms with E-state index >= 15 is 0 Å². The summed E-state index contributed by atoms with van der Waals surface area (Å²) < 4.78 is 1.92. The van der Waals surface area contributed by atoms with Crippen LogP contribution in [-0.4, -0.2) is 9.78 Å². The Bertz CT molecular complexity index is 304. The summed E-state index contributed by atoms with van der Waals surface area (Å²) in [6.45, 7) is 5.23. The monoisotopic (exact) mass is 237 g/mol. The van der Waals surface area contributed by atoms with Gasteiger partial charge in [0, 0.05) is 12.1 Å².